The van der Waals surface area contributed by atoms with Gasteiger partial charge in [0.15, 0.2) is 11.6 Å². The van der Waals surface area contributed by atoms with Crippen LogP contribution in [-0.4, -0.2) is 15.5 Å². The van der Waals surface area contributed by atoms with Gasteiger partial charge in [0.25, 0.3) is 0 Å². The van der Waals surface area contributed by atoms with Gasteiger partial charge in [-0.1, -0.05) is 19.1 Å². The van der Waals surface area contributed by atoms with Gasteiger partial charge < -0.3 is 9.88 Å². The summed E-state index contributed by atoms with van der Waals surface area (Å²) < 4.78 is 28.0. The van der Waals surface area contributed by atoms with Gasteiger partial charge in [0.1, 0.15) is 6.54 Å². The maximum absolute atomic E-state index is 13.3. The number of carbonyl (C=O) groups excluding carboxylic acids is 1. The summed E-state index contributed by atoms with van der Waals surface area (Å²) in [4.78, 5) is 16.1. The number of rotatable bonds is 4. The Labute approximate surface area is 131 Å². The van der Waals surface area contributed by atoms with Crippen LogP contribution in [0.15, 0.2) is 42.7 Å². The van der Waals surface area contributed by atoms with E-state index in [9.17, 15) is 13.6 Å². The van der Waals surface area contributed by atoms with Gasteiger partial charge in [-0.05, 0) is 24.1 Å². The van der Waals surface area contributed by atoms with Crippen molar-refractivity contribution in [3.8, 4) is 0 Å². The van der Waals surface area contributed by atoms with Crippen molar-refractivity contribution in [2.75, 3.05) is 5.32 Å². The van der Waals surface area contributed by atoms with Crippen molar-refractivity contribution < 1.29 is 13.6 Å². The third-order valence-electron chi connectivity index (χ3n) is 3.62. The number of halogens is 2. The molecular weight excluding hydrogens is 300 g/mol. The topological polar surface area (TPSA) is 46.9 Å². The van der Waals surface area contributed by atoms with E-state index >= 15 is 0 Å². The number of benzene rings is 2. The fourth-order valence-electron chi connectivity index (χ4n) is 2.36. The average Bonchev–Trinajstić information content (AvgIpc) is 2.90. The molecule has 3 rings (SSSR count). The molecular formula is C17H15F2N3O. The van der Waals surface area contributed by atoms with Crippen LogP contribution >= 0.6 is 0 Å². The Morgan fingerprint density at radius 1 is 1.17 bits per heavy atom. The summed E-state index contributed by atoms with van der Waals surface area (Å²) in [6.07, 6.45) is 2.32. The molecule has 3 aromatic rings. The highest BCUT2D eigenvalue weighted by Crippen LogP contribution is 2.17. The zero-order valence-corrected chi connectivity index (χ0v) is 12.5. The second-order valence-electron chi connectivity index (χ2n) is 5.23. The van der Waals surface area contributed by atoms with E-state index in [1.807, 2.05) is 24.3 Å². The Bertz CT molecular complexity index is 856. The predicted octanol–water partition coefficient (Wildman–Crippen LogP) is 3.52. The highest BCUT2D eigenvalue weighted by molar-refractivity contribution is 5.91. The van der Waals surface area contributed by atoms with Gasteiger partial charge in [-0.15, -0.1) is 0 Å². The van der Waals surface area contributed by atoms with Crippen molar-refractivity contribution in [1.82, 2.24) is 9.55 Å². The van der Waals surface area contributed by atoms with Crippen molar-refractivity contribution in [2.24, 2.45) is 0 Å². The van der Waals surface area contributed by atoms with Crippen LogP contribution in [-0.2, 0) is 17.8 Å². The van der Waals surface area contributed by atoms with Gasteiger partial charge in [0.05, 0.1) is 17.4 Å². The SMILES string of the molecule is CCc1ccc(NC(=O)Cn2cnc3cc(F)c(F)cc32)cc1. The monoisotopic (exact) mass is 315 g/mol. The lowest BCUT2D eigenvalue weighted by molar-refractivity contribution is -0.116. The molecule has 0 radical (unpaired) electrons. The number of carbonyl (C=O) groups is 1. The second kappa shape index (κ2) is 6.16. The lowest BCUT2D eigenvalue weighted by Gasteiger charge is -2.07. The van der Waals surface area contributed by atoms with E-state index in [0.717, 1.165) is 18.6 Å². The van der Waals surface area contributed by atoms with E-state index < -0.39 is 11.6 Å². The van der Waals surface area contributed by atoms with E-state index in [-0.39, 0.29) is 12.5 Å². The maximum Gasteiger partial charge on any atom is 0.244 e. The third kappa shape index (κ3) is 3.21. The number of anilines is 1. The number of imidazole rings is 1. The van der Waals surface area contributed by atoms with Crippen LogP contribution < -0.4 is 5.32 Å². The summed E-state index contributed by atoms with van der Waals surface area (Å²) in [6.45, 7) is 2.02. The molecule has 0 saturated carbocycles. The molecule has 0 fully saturated rings. The van der Waals surface area contributed by atoms with E-state index in [2.05, 4.69) is 17.2 Å². The summed E-state index contributed by atoms with van der Waals surface area (Å²) in [7, 11) is 0. The lowest BCUT2D eigenvalue weighted by Crippen LogP contribution is -2.18. The van der Waals surface area contributed by atoms with E-state index in [4.69, 9.17) is 0 Å². The van der Waals surface area contributed by atoms with Crippen LogP contribution in [0.5, 0.6) is 0 Å². The van der Waals surface area contributed by atoms with Crippen molar-refractivity contribution in [3.05, 3.63) is 59.9 Å². The molecule has 6 heteroatoms. The van der Waals surface area contributed by atoms with Gasteiger partial charge >= 0.3 is 0 Å². The Morgan fingerprint density at radius 3 is 2.57 bits per heavy atom. The van der Waals surface area contributed by atoms with Gasteiger partial charge in [-0.2, -0.15) is 0 Å². The fourth-order valence-corrected chi connectivity index (χ4v) is 2.36. The van der Waals surface area contributed by atoms with E-state index in [1.165, 1.54) is 16.5 Å². The largest absolute Gasteiger partial charge is 0.325 e. The number of fused-ring (bicyclic) bond motifs is 1. The zero-order chi connectivity index (χ0) is 16.4. The number of amides is 1. The molecule has 2 aromatic carbocycles. The first-order valence-corrected chi connectivity index (χ1v) is 7.25. The molecule has 118 valence electrons. The van der Waals surface area contributed by atoms with Gasteiger partial charge in [0.2, 0.25) is 5.91 Å². The van der Waals surface area contributed by atoms with Crippen LogP contribution in [0.2, 0.25) is 0 Å². The van der Waals surface area contributed by atoms with Crippen LogP contribution in [0, 0.1) is 11.6 Å². The smallest absolute Gasteiger partial charge is 0.244 e. The minimum Gasteiger partial charge on any atom is -0.325 e. The minimum absolute atomic E-state index is 0.0307. The minimum atomic E-state index is -0.963. The number of aromatic nitrogens is 2. The number of hydrogen-bond acceptors (Lipinski definition) is 2. The first-order chi connectivity index (χ1) is 11.1. The van der Waals surface area contributed by atoms with Crippen molar-refractivity contribution >= 4 is 22.6 Å². The Kier molecular flexibility index (Phi) is 4.06. The number of hydrogen-bond donors (Lipinski definition) is 1. The molecule has 4 nitrogen and oxygen atoms in total. The van der Waals surface area contributed by atoms with Crippen LogP contribution in [0.4, 0.5) is 14.5 Å². The molecule has 0 aliphatic carbocycles. The predicted molar refractivity (Wildman–Crippen MR) is 84.1 cm³/mol. The normalized spacial score (nSPS) is 10.9. The summed E-state index contributed by atoms with van der Waals surface area (Å²) in [5.41, 5.74) is 2.55. The molecule has 1 aromatic heterocycles. The fraction of sp³-hybridized carbons (Fsp3) is 0.176. The van der Waals surface area contributed by atoms with Crippen molar-refractivity contribution in [1.29, 1.82) is 0 Å². The third-order valence-corrected chi connectivity index (χ3v) is 3.62. The lowest BCUT2D eigenvalue weighted by atomic mass is 10.1. The molecule has 0 saturated heterocycles. The molecule has 0 spiro atoms. The summed E-state index contributed by atoms with van der Waals surface area (Å²) in [5, 5.41) is 2.77. The van der Waals surface area contributed by atoms with Crippen molar-refractivity contribution in [3.63, 3.8) is 0 Å². The first-order valence-electron chi connectivity index (χ1n) is 7.25. The van der Waals surface area contributed by atoms with Gasteiger partial charge in [0, 0.05) is 17.8 Å². The van der Waals surface area contributed by atoms with Gasteiger partial charge in [-0.3, -0.25) is 4.79 Å². The molecule has 23 heavy (non-hydrogen) atoms. The van der Waals surface area contributed by atoms with Crippen LogP contribution in [0.1, 0.15) is 12.5 Å². The molecule has 0 atom stereocenters. The molecule has 0 aliphatic rings. The number of nitrogens with zero attached hydrogens (tertiary/aromatic N) is 2. The zero-order valence-electron chi connectivity index (χ0n) is 12.5. The standard InChI is InChI=1S/C17H15F2N3O/c1-2-11-3-5-12(6-4-11)21-17(23)9-22-10-20-15-7-13(18)14(19)8-16(15)22/h3-8,10H,2,9H2,1H3,(H,21,23). The molecule has 1 amide bonds. The molecule has 1 heterocycles. The van der Waals surface area contributed by atoms with E-state index in [1.54, 1.807) is 0 Å². The van der Waals surface area contributed by atoms with E-state index in [0.29, 0.717) is 16.7 Å². The molecule has 0 unspecified atom stereocenters. The van der Waals surface area contributed by atoms with Crippen LogP contribution in [0.3, 0.4) is 0 Å². The highest BCUT2D eigenvalue weighted by Gasteiger charge is 2.11. The molecule has 0 aliphatic heterocycles. The summed E-state index contributed by atoms with van der Waals surface area (Å²) in [5.74, 6) is -2.18. The number of nitrogens with one attached hydrogen (secondary N) is 1. The first kappa shape index (κ1) is 15.1. The second-order valence-corrected chi connectivity index (χ2v) is 5.23. The molecule has 0 bridgehead atoms. The maximum atomic E-state index is 13.3. The number of aryl methyl sites for hydroxylation is 1. The van der Waals surface area contributed by atoms with Crippen LogP contribution in [0.25, 0.3) is 11.0 Å². The highest BCUT2D eigenvalue weighted by atomic mass is 19.2. The summed E-state index contributed by atoms with van der Waals surface area (Å²) in [6, 6.07) is 9.61. The Morgan fingerprint density at radius 2 is 1.87 bits per heavy atom. The molecule has 1 N–H and O–H groups in total. The van der Waals surface area contributed by atoms with Gasteiger partial charge in [-0.25, -0.2) is 13.8 Å². The average molecular weight is 315 g/mol. The summed E-state index contributed by atoms with van der Waals surface area (Å²) >= 11 is 0. The van der Waals surface area contributed by atoms with Crippen molar-refractivity contribution in [2.45, 2.75) is 19.9 Å². The Hall–Kier alpha value is -2.76. The quantitative estimate of drug-likeness (QED) is 0.801. The Balaban J connectivity index is 1.76.